The third kappa shape index (κ3) is 1.58. The van der Waals surface area contributed by atoms with Crippen LogP contribution in [0.5, 0.6) is 0 Å². The number of hydrogen-bond acceptors (Lipinski definition) is 3. The molecular formula is C12H12N2O2. The lowest BCUT2D eigenvalue weighted by atomic mass is 10.1. The zero-order valence-corrected chi connectivity index (χ0v) is 9.18. The summed E-state index contributed by atoms with van der Waals surface area (Å²) in [5.41, 5.74) is 1.14. The molecule has 0 saturated carbocycles. The van der Waals surface area contributed by atoms with Crippen molar-refractivity contribution < 1.29 is 4.92 Å². The largest absolute Gasteiger partial charge is 0.377 e. The van der Waals surface area contributed by atoms with Crippen molar-refractivity contribution in [2.24, 2.45) is 0 Å². The monoisotopic (exact) mass is 216 g/mol. The molecular weight excluding hydrogens is 204 g/mol. The standard InChI is InChI=1S/C12H12N2O2/c1-13(2)11-7-8-12(14(15)16)10-6-4-3-5-9(10)11/h3-8H,1-2H3. The highest BCUT2D eigenvalue weighted by Gasteiger charge is 2.14. The topological polar surface area (TPSA) is 46.4 Å². The normalized spacial score (nSPS) is 10.4. The SMILES string of the molecule is CN(C)c1ccc([N+](=O)[O-])c2ccccc12. The van der Waals surface area contributed by atoms with Gasteiger partial charge in [-0.1, -0.05) is 18.2 Å². The second-order valence-corrected chi connectivity index (χ2v) is 3.80. The predicted octanol–water partition coefficient (Wildman–Crippen LogP) is 2.81. The highest BCUT2D eigenvalue weighted by atomic mass is 16.6. The maximum absolute atomic E-state index is 10.9. The average molecular weight is 216 g/mol. The molecule has 0 aliphatic carbocycles. The maximum atomic E-state index is 10.9. The summed E-state index contributed by atoms with van der Waals surface area (Å²) in [4.78, 5) is 12.5. The van der Waals surface area contributed by atoms with Crippen LogP contribution in [0.2, 0.25) is 0 Å². The van der Waals surface area contributed by atoms with Gasteiger partial charge in [0.2, 0.25) is 0 Å². The minimum Gasteiger partial charge on any atom is -0.377 e. The predicted molar refractivity (Wildman–Crippen MR) is 64.9 cm³/mol. The lowest BCUT2D eigenvalue weighted by Crippen LogP contribution is -2.09. The summed E-state index contributed by atoms with van der Waals surface area (Å²) in [6.45, 7) is 0. The van der Waals surface area contributed by atoms with Crippen molar-refractivity contribution in [1.29, 1.82) is 0 Å². The van der Waals surface area contributed by atoms with Crippen LogP contribution < -0.4 is 4.90 Å². The summed E-state index contributed by atoms with van der Waals surface area (Å²) in [7, 11) is 3.85. The molecule has 82 valence electrons. The Kier molecular flexibility index (Phi) is 2.48. The van der Waals surface area contributed by atoms with Crippen molar-refractivity contribution in [3.63, 3.8) is 0 Å². The highest BCUT2D eigenvalue weighted by Crippen LogP contribution is 2.32. The zero-order valence-electron chi connectivity index (χ0n) is 9.18. The van der Waals surface area contributed by atoms with E-state index in [0.29, 0.717) is 5.39 Å². The van der Waals surface area contributed by atoms with Crippen molar-refractivity contribution in [3.8, 4) is 0 Å². The van der Waals surface area contributed by atoms with E-state index in [1.165, 1.54) is 0 Å². The van der Waals surface area contributed by atoms with E-state index in [0.717, 1.165) is 11.1 Å². The molecule has 0 aliphatic heterocycles. The van der Waals surface area contributed by atoms with Crippen LogP contribution in [-0.2, 0) is 0 Å². The smallest absolute Gasteiger partial charge is 0.277 e. The molecule has 0 N–H and O–H groups in total. The van der Waals surface area contributed by atoms with Crippen molar-refractivity contribution in [1.82, 2.24) is 0 Å². The van der Waals surface area contributed by atoms with Crippen LogP contribution in [0.25, 0.3) is 10.8 Å². The second-order valence-electron chi connectivity index (χ2n) is 3.80. The fourth-order valence-corrected chi connectivity index (χ4v) is 1.82. The average Bonchev–Trinajstić information content (AvgIpc) is 2.27. The maximum Gasteiger partial charge on any atom is 0.277 e. The lowest BCUT2D eigenvalue weighted by molar-refractivity contribution is -0.383. The van der Waals surface area contributed by atoms with Crippen LogP contribution in [-0.4, -0.2) is 19.0 Å². The summed E-state index contributed by atoms with van der Waals surface area (Å²) in [5.74, 6) is 0. The van der Waals surface area contributed by atoms with Gasteiger partial charge in [0, 0.05) is 31.2 Å². The van der Waals surface area contributed by atoms with E-state index in [-0.39, 0.29) is 10.6 Å². The van der Waals surface area contributed by atoms with Gasteiger partial charge < -0.3 is 4.90 Å². The van der Waals surface area contributed by atoms with E-state index in [1.807, 2.05) is 37.2 Å². The fraction of sp³-hybridized carbons (Fsp3) is 0.167. The Bertz CT molecular complexity index is 550. The van der Waals surface area contributed by atoms with Crippen molar-refractivity contribution in [2.75, 3.05) is 19.0 Å². The Hall–Kier alpha value is -2.10. The van der Waals surface area contributed by atoms with Crippen LogP contribution in [0.3, 0.4) is 0 Å². The van der Waals surface area contributed by atoms with Crippen LogP contribution >= 0.6 is 0 Å². The first-order valence-electron chi connectivity index (χ1n) is 4.94. The second kappa shape index (κ2) is 3.81. The van der Waals surface area contributed by atoms with Gasteiger partial charge in [-0.25, -0.2) is 0 Å². The number of hydrogen-bond donors (Lipinski definition) is 0. The quantitative estimate of drug-likeness (QED) is 0.572. The first-order valence-corrected chi connectivity index (χ1v) is 4.94. The summed E-state index contributed by atoms with van der Waals surface area (Å²) in [6.07, 6.45) is 0. The van der Waals surface area contributed by atoms with Crippen molar-refractivity contribution >= 4 is 22.1 Å². The Morgan fingerprint density at radius 2 is 1.69 bits per heavy atom. The summed E-state index contributed by atoms with van der Waals surface area (Å²) >= 11 is 0. The van der Waals surface area contributed by atoms with E-state index in [9.17, 15) is 10.1 Å². The van der Waals surface area contributed by atoms with Gasteiger partial charge >= 0.3 is 0 Å². The van der Waals surface area contributed by atoms with Gasteiger partial charge in [0.05, 0.1) is 10.3 Å². The Morgan fingerprint density at radius 1 is 1.06 bits per heavy atom. The lowest BCUT2D eigenvalue weighted by Gasteiger charge is -2.15. The highest BCUT2D eigenvalue weighted by molar-refractivity contribution is 5.99. The van der Waals surface area contributed by atoms with E-state index >= 15 is 0 Å². The fourth-order valence-electron chi connectivity index (χ4n) is 1.82. The first-order chi connectivity index (χ1) is 7.61. The van der Waals surface area contributed by atoms with Crippen molar-refractivity contribution in [2.45, 2.75) is 0 Å². The van der Waals surface area contributed by atoms with Crippen molar-refractivity contribution in [3.05, 3.63) is 46.5 Å². The number of nitro groups is 1. The zero-order chi connectivity index (χ0) is 11.7. The number of non-ortho nitro benzene ring substituents is 1. The molecule has 2 aromatic carbocycles. The molecule has 0 atom stereocenters. The number of nitro benzene ring substituents is 1. The van der Waals surface area contributed by atoms with Crippen LogP contribution in [0, 0.1) is 10.1 Å². The third-order valence-corrected chi connectivity index (χ3v) is 2.56. The molecule has 0 radical (unpaired) electrons. The van der Waals surface area contributed by atoms with Gasteiger partial charge in [-0.3, -0.25) is 10.1 Å². The molecule has 0 aliphatic rings. The molecule has 2 rings (SSSR count). The molecule has 4 nitrogen and oxygen atoms in total. The number of nitrogens with zero attached hydrogens (tertiary/aromatic N) is 2. The van der Waals surface area contributed by atoms with E-state index in [4.69, 9.17) is 0 Å². The molecule has 16 heavy (non-hydrogen) atoms. The number of rotatable bonds is 2. The van der Waals surface area contributed by atoms with Crippen LogP contribution in [0.4, 0.5) is 11.4 Å². The minimum atomic E-state index is -0.345. The van der Waals surface area contributed by atoms with Gasteiger partial charge in [0.15, 0.2) is 0 Å². The molecule has 0 unspecified atom stereocenters. The first kappa shape index (κ1) is 10.4. The molecule has 0 bridgehead atoms. The van der Waals surface area contributed by atoms with Gasteiger partial charge in [-0.15, -0.1) is 0 Å². The number of benzene rings is 2. The minimum absolute atomic E-state index is 0.154. The summed E-state index contributed by atoms with van der Waals surface area (Å²) in [5, 5.41) is 12.5. The molecule has 0 fully saturated rings. The Balaban J connectivity index is 2.82. The van der Waals surface area contributed by atoms with Crippen LogP contribution in [0.15, 0.2) is 36.4 Å². The molecule has 0 spiro atoms. The summed E-state index contributed by atoms with van der Waals surface area (Å²) < 4.78 is 0. The van der Waals surface area contributed by atoms with E-state index in [1.54, 1.807) is 18.2 Å². The molecule has 0 aromatic heterocycles. The molecule has 2 aromatic rings. The number of fused-ring (bicyclic) bond motifs is 1. The molecule has 0 saturated heterocycles. The molecule has 4 heteroatoms. The third-order valence-electron chi connectivity index (χ3n) is 2.56. The van der Waals surface area contributed by atoms with Gasteiger partial charge in [-0.05, 0) is 12.1 Å². The van der Waals surface area contributed by atoms with Gasteiger partial charge in [-0.2, -0.15) is 0 Å². The van der Waals surface area contributed by atoms with Crippen LogP contribution in [0.1, 0.15) is 0 Å². The molecule has 0 heterocycles. The molecule has 0 amide bonds. The number of anilines is 1. The Morgan fingerprint density at radius 3 is 2.25 bits per heavy atom. The van der Waals surface area contributed by atoms with Gasteiger partial charge in [0.25, 0.3) is 5.69 Å². The summed E-state index contributed by atoms with van der Waals surface area (Å²) in [6, 6.07) is 10.7. The van der Waals surface area contributed by atoms with E-state index < -0.39 is 0 Å². The Labute approximate surface area is 93.3 Å². The van der Waals surface area contributed by atoms with E-state index in [2.05, 4.69) is 0 Å². The van der Waals surface area contributed by atoms with Gasteiger partial charge in [0.1, 0.15) is 0 Å².